The van der Waals surface area contributed by atoms with E-state index in [-0.39, 0.29) is 23.9 Å². The van der Waals surface area contributed by atoms with Crippen LogP contribution in [0.1, 0.15) is 27.9 Å². The summed E-state index contributed by atoms with van der Waals surface area (Å²) in [6.45, 7) is 3.77. The highest BCUT2D eigenvalue weighted by Crippen LogP contribution is 2.34. The van der Waals surface area contributed by atoms with Crippen molar-refractivity contribution in [2.45, 2.75) is 13.8 Å². The van der Waals surface area contributed by atoms with E-state index < -0.39 is 0 Å². The molecule has 28 heavy (non-hydrogen) atoms. The lowest BCUT2D eigenvalue weighted by Gasteiger charge is -2.18. The first-order valence-corrected chi connectivity index (χ1v) is 9.74. The molecule has 0 spiro atoms. The van der Waals surface area contributed by atoms with E-state index in [1.54, 1.807) is 29.2 Å². The lowest BCUT2D eigenvalue weighted by molar-refractivity contribution is 0.101. The van der Waals surface area contributed by atoms with Crippen molar-refractivity contribution in [3.05, 3.63) is 75.8 Å². The molecular weight excluding hydrogens is 370 g/mol. The van der Waals surface area contributed by atoms with Gasteiger partial charge in [-0.15, -0.1) is 11.3 Å². The second kappa shape index (κ2) is 7.05. The monoisotopic (exact) mass is 389 g/mol. The smallest absolute Gasteiger partial charge is 0.159 e. The largest absolute Gasteiger partial charge is 0.510 e. The minimum atomic E-state index is -0.00358. The average Bonchev–Trinajstić information content (AvgIpc) is 3.27. The molecule has 0 radical (unpaired) electrons. The minimum absolute atomic E-state index is 0.00358. The molecule has 4 rings (SSSR count). The Kier molecular flexibility index (Phi) is 4.57. The van der Waals surface area contributed by atoms with Gasteiger partial charge in [0.2, 0.25) is 0 Å². The maximum Gasteiger partial charge on any atom is 0.159 e. The molecule has 6 heteroatoms. The van der Waals surface area contributed by atoms with Gasteiger partial charge in [0, 0.05) is 22.2 Å². The van der Waals surface area contributed by atoms with Crippen LogP contribution >= 0.6 is 11.3 Å². The lowest BCUT2D eigenvalue weighted by Crippen LogP contribution is -2.26. The number of hydrogen-bond donors (Lipinski definition) is 2. The normalized spacial score (nSPS) is 14.1. The number of aliphatic hydroxyl groups is 1. The number of nitrogens with zero attached hydrogens (tertiary/aromatic N) is 2. The summed E-state index contributed by atoms with van der Waals surface area (Å²) in [6.07, 6.45) is 0. The van der Waals surface area contributed by atoms with Crippen LogP contribution in [0.2, 0.25) is 0 Å². The number of aryl methyl sites for hydroxylation is 1. The third kappa shape index (κ3) is 3.23. The van der Waals surface area contributed by atoms with Crippen LogP contribution in [-0.2, 0) is 0 Å². The predicted molar refractivity (Wildman–Crippen MR) is 113 cm³/mol. The molecule has 5 nitrogen and oxygen atoms in total. The van der Waals surface area contributed by atoms with E-state index in [2.05, 4.69) is 4.98 Å². The summed E-state index contributed by atoms with van der Waals surface area (Å²) in [4.78, 5) is 17.8. The first-order valence-electron chi connectivity index (χ1n) is 8.86. The van der Waals surface area contributed by atoms with Crippen molar-refractivity contribution in [1.29, 1.82) is 5.41 Å². The molecular formula is C22H19N3O2S. The molecule has 2 N–H and O–H groups in total. The summed E-state index contributed by atoms with van der Waals surface area (Å²) in [5, 5.41) is 21.6. The van der Waals surface area contributed by atoms with Gasteiger partial charge in [-0.2, -0.15) is 0 Å². The fourth-order valence-corrected chi connectivity index (χ4v) is 4.04. The van der Waals surface area contributed by atoms with E-state index in [9.17, 15) is 9.90 Å². The maximum absolute atomic E-state index is 11.5. The van der Waals surface area contributed by atoms with Gasteiger partial charge < -0.3 is 10.0 Å². The summed E-state index contributed by atoms with van der Waals surface area (Å²) in [7, 11) is 0. The number of nitrogens with one attached hydrogen (secondary N) is 1. The zero-order valence-electron chi connectivity index (χ0n) is 15.6. The number of ketones is 1. The highest BCUT2D eigenvalue weighted by molar-refractivity contribution is 7.11. The van der Waals surface area contributed by atoms with Gasteiger partial charge in [-0.3, -0.25) is 10.2 Å². The molecule has 140 valence electrons. The van der Waals surface area contributed by atoms with Crippen LogP contribution in [0.15, 0.2) is 59.7 Å². The number of carbonyl (C=O) groups is 1. The Bertz CT molecular complexity index is 1100. The van der Waals surface area contributed by atoms with E-state index in [0.717, 1.165) is 16.9 Å². The van der Waals surface area contributed by atoms with Crippen LogP contribution in [0.4, 0.5) is 5.69 Å². The SMILES string of the molecule is CC(=O)c1ccc(N2CC(O)=C(c3nc(-c4ccc(C)cc4)cs3)C2=N)cc1. The topological polar surface area (TPSA) is 77.3 Å². The average molecular weight is 389 g/mol. The highest BCUT2D eigenvalue weighted by atomic mass is 32.1. The van der Waals surface area contributed by atoms with E-state index in [1.807, 2.05) is 36.6 Å². The molecule has 1 aromatic heterocycles. The summed E-state index contributed by atoms with van der Waals surface area (Å²) in [6, 6.07) is 15.2. The number of rotatable bonds is 4. The lowest BCUT2D eigenvalue weighted by atomic mass is 10.1. The number of Topliss-reactive ketones (excluding diaryl/α,β-unsaturated/α-hetero) is 1. The molecule has 2 aromatic carbocycles. The van der Waals surface area contributed by atoms with Gasteiger partial charge in [-0.05, 0) is 38.1 Å². The number of benzene rings is 2. The van der Waals surface area contributed by atoms with Crippen molar-refractivity contribution < 1.29 is 9.90 Å². The Labute approximate surface area is 167 Å². The van der Waals surface area contributed by atoms with Crippen molar-refractivity contribution in [3.8, 4) is 11.3 Å². The van der Waals surface area contributed by atoms with E-state index >= 15 is 0 Å². The first-order chi connectivity index (χ1) is 13.4. The van der Waals surface area contributed by atoms with E-state index in [0.29, 0.717) is 16.1 Å². The van der Waals surface area contributed by atoms with Crippen molar-refractivity contribution in [2.24, 2.45) is 0 Å². The second-order valence-electron chi connectivity index (χ2n) is 6.76. The third-order valence-electron chi connectivity index (χ3n) is 4.75. The molecule has 0 saturated heterocycles. The number of amidine groups is 1. The van der Waals surface area contributed by atoms with Gasteiger partial charge in [0.05, 0.1) is 17.8 Å². The molecule has 1 aliphatic heterocycles. The zero-order chi connectivity index (χ0) is 19.8. The van der Waals surface area contributed by atoms with Crippen molar-refractivity contribution in [2.75, 3.05) is 11.4 Å². The van der Waals surface area contributed by atoms with Crippen LogP contribution < -0.4 is 4.90 Å². The Hall–Kier alpha value is -3.25. The Morgan fingerprint density at radius 1 is 1.14 bits per heavy atom. The molecule has 0 bridgehead atoms. The van der Waals surface area contributed by atoms with Crippen LogP contribution in [0, 0.1) is 12.3 Å². The molecule has 0 atom stereocenters. The van der Waals surface area contributed by atoms with E-state index in [4.69, 9.17) is 5.41 Å². The zero-order valence-corrected chi connectivity index (χ0v) is 16.4. The molecule has 0 aliphatic carbocycles. The van der Waals surface area contributed by atoms with Crippen molar-refractivity contribution in [3.63, 3.8) is 0 Å². The molecule has 1 aliphatic rings. The van der Waals surface area contributed by atoms with Crippen LogP contribution in [0.3, 0.4) is 0 Å². The summed E-state index contributed by atoms with van der Waals surface area (Å²) in [5.74, 6) is 0.333. The number of aromatic nitrogens is 1. The van der Waals surface area contributed by atoms with Crippen molar-refractivity contribution >= 4 is 34.2 Å². The minimum Gasteiger partial charge on any atom is -0.510 e. The Morgan fingerprint density at radius 2 is 1.82 bits per heavy atom. The maximum atomic E-state index is 11.5. The Morgan fingerprint density at radius 3 is 2.46 bits per heavy atom. The second-order valence-corrected chi connectivity index (χ2v) is 7.62. The van der Waals surface area contributed by atoms with Gasteiger partial charge in [-0.25, -0.2) is 4.98 Å². The Balaban J connectivity index is 1.60. The van der Waals surface area contributed by atoms with Gasteiger partial charge in [0.1, 0.15) is 16.6 Å². The van der Waals surface area contributed by atoms with E-state index in [1.165, 1.54) is 23.8 Å². The first kappa shape index (κ1) is 18.1. The van der Waals surface area contributed by atoms with Crippen LogP contribution in [0.25, 0.3) is 16.8 Å². The number of thiazole rings is 1. The summed E-state index contributed by atoms with van der Waals surface area (Å²) >= 11 is 1.42. The van der Waals surface area contributed by atoms with Gasteiger partial charge in [0.25, 0.3) is 0 Å². The highest BCUT2D eigenvalue weighted by Gasteiger charge is 2.31. The number of aliphatic hydroxyl groups excluding tert-OH is 1. The molecule has 0 unspecified atom stereocenters. The van der Waals surface area contributed by atoms with Crippen LogP contribution in [-0.4, -0.2) is 28.3 Å². The standard InChI is InChI=1S/C22H19N3O2S/c1-13-3-5-16(6-4-13)18-12-28-22(24-18)20-19(27)11-25(21(20)23)17-9-7-15(8-10-17)14(2)26/h3-10,12,23,27H,11H2,1-2H3. The molecule has 0 saturated carbocycles. The third-order valence-corrected chi connectivity index (χ3v) is 5.61. The van der Waals surface area contributed by atoms with Crippen LogP contribution in [0.5, 0.6) is 0 Å². The fourth-order valence-electron chi connectivity index (χ4n) is 3.15. The van der Waals surface area contributed by atoms with Gasteiger partial charge in [-0.1, -0.05) is 29.8 Å². The molecule has 0 fully saturated rings. The molecule has 3 aromatic rings. The fraction of sp³-hybridized carbons (Fsp3) is 0.136. The molecule has 0 amide bonds. The summed E-state index contributed by atoms with van der Waals surface area (Å²) < 4.78 is 0. The summed E-state index contributed by atoms with van der Waals surface area (Å²) in [5.41, 5.74) is 4.86. The number of anilines is 1. The quantitative estimate of drug-likeness (QED) is 0.610. The number of carbonyl (C=O) groups excluding carboxylic acids is 1. The van der Waals surface area contributed by atoms with Gasteiger partial charge >= 0.3 is 0 Å². The van der Waals surface area contributed by atoms with Gasteiger partial charge in [0.15, 0.2) is 5.78 Å². The molecule has 2 heterocycles. The van der Waals surface area contributed by atoms with Crippen molar-refractivity contribution in [1.82, 2.24) is 4.98 Å². The predicted octanol–water partition coefficient (Wildman–Crippen LogP) is 5.09. The number of hydrogen-bond acceptors (Lipinski definition) is 5.